The molecule has 0 heterocycles. The van der Waals surface area contributed by atoms with Gasteiger partial charge in [0.15, 0.2) is 0 Å². The summed E-state index contributed by atoms with van der Waals surface area (Å²) >= 11 is 10.5. The van der Waals surface area contributed by atoms with Crippen molar-refractivity contribution in [3.05, 3.63) is 25.6 Å². The predicted molar refractivity (Wildman–Crippen MR) is 74.2 cm³/mol. The van der Waals surface area contributed by atoms with Gasteiger partial charge in [-0.05, 0) is 56.8 Å². The van der Waals surface area contributed by atoms with Gasteiger partial charge in [0.1, 0.15) is 0 Å². The Morgan fingerprint density at radius 2 is 1.67 bits per heavy atom. The highest BCUT2D eigenvalue weighted by Gasteiger charge is 2.26. The van der Waals surface area contributed by atoms with Gasteiger partial charge in [0.05, 0.1) is 5.69 Å². The first-order valence-corrected chi connectivity index (χ1v) is 7.11. The minimum absolute atomic E-state index is 0.371. The van der Waals surface area contributed by atoms with Crippen LogP contribution in [0.25, 0.3) is 0 Å². The van der Waals surface area contributed by atoms with Gasteiger partial charge in [0.2, 0.25) is 0 Å². The van der Waals surface area contributed by atoms with E-state index in [1.807, 2.05) is 12.1 Å². The Hall–Kier alpha value is 0.420. The fourth-order valence-electron chi connectivity index (χ4n) is 1.66. The van der Waals surface area contributed by atoms with E-state index in [-0.39, 0.29) is 0 Å². The molecule has 0 bridgehead atoms. The second-order valence-corrected chi connectivity index (χ2v) is 6.44. The van der Waals surface area contributed by atoms with Gasteiger partial charge in [-0.1, -0.05) is 15.9 Å². The van der Waals surface area contributed by atoms with Gasteiger partial charge in [-0.25, -0.2) is 0 Å². The number of hydrogen-bond acceptors (Lipinski definition) is 2. The Balaban J connectivity index is 2.14. The maximum Gasteiger partial charge on any atom is 0.0631 e. The fourth-order valence-corrected chi connectivity index (χ4v) is 4.15. The second-order valence-electron chi connectivity index (χ2n) is 3.82. The molecule has 15 heavy (non-hydrogen) atoms. The average molecular weight is 399 g/mol. The van der Waals surface area contributed by atoms with Crippen molar-refractivity contribution >= 4 is 53.5 Å². The number of anilines is 1. The van der Waals surface area contributed by atoms with E-state index in [0.29, 0.717) is 12.1 Å². The van der Waals surface area contributed by atoms with Crippen LogP contribution < -0.4 is 11.1 Å². The van der Waals surface area contributed by atoms with Crippen LogP contribution in [0.15, 0.2) is 25.6 Å². The summed E-state index contributed by atoms with van der Waals surface area (Å²) in [5, 5.41) is 3.48. The van der Waals surface area contributed by atoms with Crippen molar-refractivity contribution in [3.8, 4) is 0 Å². The van der Waals surface area contributed by atoms with Crippen LogP contribution in [0.1, 0.15) is 12.8 Å². The second kappa shape index (κ2) is 4.73. The molecule has 0 aromatic heterocycles. The van der Waals surface area contributed by atoms with Crippen LogP contribution in [0.2, 0.25) is 0 Å². The van der Waals surface area contributed by atoms with Crippen LogP contribution in [0, 0.1) is 0 Å². The van der Waals surface area contributed by atoms with Gasteiger partial charge in [-0.15, -0.1) is 0 Å². The van der Waals surface area contributed by atoms with Gasteiger partial charge >= 0.3 is 0 Å². The molecule has 5 heteroatoms. The Kier molecular flexibility index (Phi) is 3.75. The number of nitrogens with two attached hydrogens (primary N) is 1. The first-order chi connectivity index (χ1) is 7.06. The average Bonchev–Trinajstić information content (AvgIpc) is 2.07. The molecule has 1 saturated carbocycles. The van der Waals surface area contributed by atoms with E-state index in [4.69, 9.17) is 5.73 Å². The summed E-state index contributed by atoms with van der Waals surface area (Å²) in [6.07, 6.45) is 2.10. The molecule has 0 unspecified atom stereocenters. The highest BCUT2D eigenvalue weighted by Crippen LogP contribution is 2.36. The van der Waals surface area contributed by atoms with E-state index in [1.54, 1.807) is 0 Å². The fraction of sp³-hybridized carbons (Fsp3) is 0.400. The minimum Gasteiger partial charge on any atom is -0.380 e. The normalized spacial score (nSPS) is 24.8. The number of rotatable bonds is 2. The minimum atomic E-state index is 0.371. The number of halogens is 3. The molecule has 0 aliphatic heterocycles. The summed E-state index contributed by atoms with van der Waals surface area (Å²) in [4.78, 5) is 0. The maximum absolute atomic E-state index is 5.75. The summed E-state index contributed by atoms with van der Waals surface area (Å²) < 4.78 is 3.17. The Morgan fingerprint density at radius 3 is 2.13 bits per heavy atom. The molecule has 82 valence electrons. The van der Waals surface area contributed by atoms with Crippen molar-refractivity contribution in [2.75, 3.05) is 5.32 Å². The molecule has 0 amide bonds. The van der Waals surface area contributed by atoms with E-state index in [1.165, 1.54) is 0 Å². The van der Waals surface area contributed by atoms with E-state index >= 15 is 0 Å². The zero-order valence-electron chi connectivity index (χ0n) is 7.93. The van der Waals surface area contributed by atoms with Crippen LogP contribution in [-0.4, -0.2) is 12.1 Å². The molecule has 1 aromatic carbocycles. The molecular weight excluding hydrogens is 388 g/mol. The first-order valence-electron chi connectivity index (χ1n) is 4.73. The lowest BCUT2D eigenvalue weighted by Crippen LogP contribution is -2.44. The Bertz CT molecular complexity index is 352. The van der Waals surface area contributed by atoms with Crippen molar-refractivity contribution in [2.45, 2.75) is 24.9 Å². The van der Waals surface area contributed by atoms with Crippen molar-refractivity contribution in [3.63, 3.8) is 0 Å². The molecule has 2 nitrogen and oxygen atoms in total. The monoisotopic (exact) mass is 396 g/mol. The highest BCUT2D eigenvalue weighted by molar-refractivity contribution is 9.11. The smallest absolute Gasteiger partial charge is 0.0631 e. The third-order valence-corrected chi connectivity index (χ3v) is 4.24. The zero-order valence-corrected chi connectivity index (χ0v) is 12.7. The predicted octanol–water partition coefficient (Wildman–Crippen LogP) is 3.88. The maximum atomic E-state index is 5.75. The van der Waals surface area contributed by atoms with Crippen molar-refractivity contribution < 1.29 is 0 Å². The van der Waals surface area contributed by atoms with Crippen LogP contribution in [0.3, 0.4) is 0 Å². The highest BCUT2D eigenvalue weighted by atomic mass is 79.9. The zero-order chi connectivity index (χ0) is 11.0. The first kappa shape index (κ1) is 11.9. The quantitative estimate of drug-likeness (QED) is 0.793. The standard InChI is InChI=1S/C10H11Br3N2/c11-5-1-8(12)10(9(13)2-5)15-7-3-6(14)4-7/h1-2,6-7,15H,3-4,14H2. The molecule has 0 saturated heterocycles. The van der Waals surface area contributed by atoms with Crippen molar-refractivity contribution in [1.29, 1.82) is 0 Å². The topological polar surface area (TPSA) is 38.0 Å². The molecule has 1 fully saturated rings. The van der Waals surface area contributed by atoms with Crippen LogP contribution in [0.5, 0.6) is 0 Å². The van der Waals surface area contributed by atoms with Gasteiger partial charge in [0, 0.05) is 25.5 Å². The lowest BCUT2D eigenvalue weighted by Gasteiger charge is -2.34. The van der Waals surface area contributed by atoms with Gasteiger partial charge in [-0.2, -0.15) is 0 Å². The summed E-state index contributed by atoms with van der Waals surface area (Å²) in [7, 11) is 0. The largest absolute Gasteiger partial charge is 0.380 e. The summed E-state index contributed by atoms with van der Waals surface area (Å²) in [6, 6.07) is 4.95. The molecule has 1 aliphatic carbocycles. The van der Waals surface area contributed by atoms with E-state index in [0.717, 1.165) is 31.9 Å². The van der Waals surface area contributed by atoms with E-state index < -0.39 is 0 Å². The van der Waals surface area contributed by atoms with Crippen molar-refractivity contribution in [2.24, 2.45) is 5.73 Å². The van der Waals surface area contributed by atoms with Crippen LogP contribution in [-0.2, 0) is 0 Å². The van der Waals surface area contributed by atoms with Crippen molar-refractivity contribution in [1.82, 2.24) is 0 Å². The Morgan fingerprint density at radius 1 is 1.13 bits per heavy atom. The number of hydrogen-bond donors (Lipinski definition) is 2. The summed E-state index contributed by atoms with van der Waals surface area (Å²) in [5.41, 5.74) is 6.86. The SMILES string of the molecule is NC1CC(Nc2c(Br)cc(Br)cc2Br)C1. The lowest BCUT2D eigenvalue weighted by molar-refractivity contribution is 0.373. The number of benzene rings is 1. The molecule has 1 aromatic rings. The summed E-state index contributed by atoms with van der Waals surface area (Å²) in [6.45, 7) is 0. The lowest BCUT2D eigenvalue weighted by atomic mass is 9.87. The van der Waals surface area contributed by atoms with Crippen LogP contribution >= 0.6 is 47.8 Å². The van der Waals surface area contributed by atoms with E-state index in [2.05, 4.69) is 53.1 Å². The summed E-state index contributed by atoms with van der Waals surface area (Å²) in [5.74, 6) is 0. The molecule has 1 aliphatic rings. The third kappa shape index (κ3) is 2.75. The van der Waals surface area contributed by atoms with Crippen LogP contribution in [0.4, 0.5) is 5.69 Å². The van der Waals surface area contributed by atoms with Gasteiger partial charge in [-0.3, -0.25) is 0 Å². The van der Waals surface area contributed by atoms with E-state index in [9.17, 15) is 0 Å². The molecule has 0 atom stereocenters. The number of nitrogens with one attached hydrogen (secondary N) is 1. The molecule has 2 rings (SSSR count). The van der Waals surface area contributed by atoms with Gasteiger partial charge < -0.3 is 11.1 Å². The Labute approximate surface area is 114 Å². The molecular formula is C10H11Br3N2. The molecule has 0 radical (unpaired) electrons. The third-order valence-electron chi connectivity index (χ3n) is 2.53. The van der Waals surface area contributed by atoms with Gasteiger partial charge in [0.25, 0.3) is 0 Å². The molecule has 0 spiro atoms. The molecule has 3 N–H and O–H groups in total.